The van der Waals surface area contributed by atoms with Gasteiger partial charge in [-0.2, -0.15) is 0 Å². The van der Waals surface area contributed by atoms with E-state index in [1.807, 2.05) is 34.8 Å². The normalized spacial score (nSPS) is 12.8. The monoisotopic (exact) mass is 1330 g/mol. The van der Waals surface area contributed by atoms with Crippen LogP contribution in [0.25, 0.3) is 21.1 Å². The van der Waals surface area contributed by atoms with Crippen LogP contribution in [0, 0.1) is 76.2 Å². The van der Waals surface area contributed by atoms with Gasteiger partial charge in [0, 0.05) is 41.0 Å². The Morgan fingerprint density at radius 3 is 0.859 bits per heavy atom. The van der Waals surface area contributed by atoms with E-state index in [9.17, 15) is 0 Å². The molecule has 0 bridgehead atoms. The van der Waals surface area contributed by atoms with E-state index < -0.39 is 0 Å². The zero-order valence-electron chi connectivity index (χ0n) is 61.6. The van der Waals surface area contributed by atoms with Gasteiger partial charge < -0.3 is 8.83 Å². The number of rotatable bonds is 0. The number of furan rings is 2. The Kier molecular flexibility index (Phi) is 24.7. The summed E-state index contributed by atoms with van der Waals surface area (Å²) < 4.78 is 20.0. The van der Waals surface area contributed by atoms with E-state index in [0.717, 1.165) is 22.9 Å². The maximum Gasteiger partial charge on any atom is 0.134 e. The molecule has 0 amide bonds. The molecule has 0 saturated heterocycles. The standard InChI is InChI=1S/C14H24O.C14H24S.C14H24Se.C13H16O.C13H16S.C11H18Se/c3*1-9-10(2)12(14(6,7)8)15-11(9)13(3,4)5;2*1-9-10-7-5-6-8-11(10)14-12(9)13(2,3)4;1-7-8(2)10(11(4,5)6)12-9(7)3/h3*1-8H3;2*5-8H,1-4H3;1-6H3. The fourth-order valence-electron chi connectivity index (χ4n) is 11.3. The molecular weight excluding hydrogens is 1200 g/mol. The topological polar surface area (TPSA) is 26.3 Å². The molecule has 2 aromatic carbocycles. The minimum atomic E-state index is 0.0864. The van der Waals surface area contributed by atoms with Crippen LogP contribution in [0.1, 0.15) is 292 Å². The molecule has 0 fully saturated rings. The molecule has 0 aliphatic rings. The number of fused-ring (bicyclic) bond motifs is 2. The van der Waals surface area contributed by atoms with Gasteiger partial charge in [-0.15, -0.1) is 22.7 Å². The average Bonchev–Trinajstić information content (AvgIpc) is 2.19. The predicted octanol–water partition coefficient (Wildman–Crippen LogP) is 24.9. The van der Waals surface area contributed by atoms with Crippen molar-refractivity contribution in [2.45, 2.75) is 312 Å². The third-order valence-corrected chi connectivity index (χ3v) is 28.1. The third kappa shape index (κ3) is 19.5. The first-order chi connectivity index (χ1) is 38.0. The van der Waals surface area contributed by atoms with Crippen LogP contribution in [0.5, 0.6) is 0 Å². The fraction of sp³-hybridized carbons (Fsp3) is 0.595. The second kappa shape index (κ2) is 27.6. The van der Waals surface area contributed by atoms with Crippen molar-refractivity contribution in [1.82, 2.24) is 0 Å². The number of benzene rings is 2. The van der Waals surface area contributed by atoms with Crippen LogP contribution >= 0.6 is 22.7 Å². The molecule has 6 aromatic heterocycles. The van der Waals surface area contributed by atoms with E-state index in [-0.39, 0.29) is 32.5 Å². The molecule has 85 heavy (non-hydrogen) atoms. The summed E-state index contributed by atoms with van der Waals surface area (Å²) in [5.74, 6) is 3.36. The molecule has 0 unspecified atom stereocenters. The Morgan fingerprint density at radius 1 is 0.271 bits per heavy atom. The third-order valence-electron chi connectivity index (χ3n) is 15.8. The second-order valence-electron chi connectivity index (χ2n) is 33.6. The SMILES string of the molecule is Cc1[se]c(C(C)(C)C)c(C)c1C.Cc1c(C(C)(C)C)[se]c(C(C)(C)C)c1C.Cc1c(C(C)(C)C)oc(C(C)(C)C)c1C.Cc1c(C(C)(C)C)oc2ccccc12.Cc1c(C(C)(C)C)sc(C(C)(C)C)c1C.Cc1c(C(C)(C)C)sc2ccccc12. The summed E-state index contributed by atoms with van der Waals surface area (Å²) in [5, 5.41) is 2.65. The first-order valence-corrected chi connectivity index (χ1v) is 36.4. The van der Waals surface area contributed by atoms with E-state index in [2.05, 4.69) is 300 Å². The Hall–Kier alpha value is -3.08. The van der Waals surface area contributed by atoms with Crippen LogP contribution < -0.4 is 0 Å². The molecule has 0 spiro atoms. The molecule has 0 radical (unpaired) electrons. The largest absolute Gasteiger partial charge is 0.464 e. The van der Waals surface area contributed by atoms with Gasteiger partial charge in [-0.25, -0.2) is 0 Å². The Balaban J connectivity index is 0.000000267. The van der Waals surface area contributed by atoms with E-state index >= 15 is 0 Å². The van der Waals surface area contributed by atoms with Gasteiger partial charge in [0.25, 0.3) is 0 Å². The van der Waals surface area contributed by atoms with Gasteiger partial charge in [-0.3, -0.25) is 0 Å². The quantitative estimate of drug-likeness (QED) is 0.141. The van der Waals surface area contributed by atoms with Crippen molar-refractivity contribution in [1.29, 1.82) is 0 Å². The van der Waals surface area contributed by atoms with Gasteiger partial charge in [-0.1, -0.05) is 161 Å². The molecule has 0 aliphatic heterocycles. The van der Waals surface area contributed by atoms with Gasteiger partial charge in [0.1, 0.15) is 22.9 Å². The Morgan fingerprint density at radius 2 is 0.588 bits per heavy atom. The number of aryl methyl sites for hydroxylation is 3. The zero-order chi connectivity index (χ0) is 66.3. The van der Waals surface area contributed by atoms with Crippen LogP contribution in [-0.2, 0) is 48.7 Å². The second-order valence-corrected chi connectivity index (χ2v) is 40.4. The van der Waals surface area contributed by atoms with Gasteiger partial charge in [0.15, 0.2) is 0 Å². The van der Waals surface area contributed by atoms with E-state index in [1.165, 1.54) is 53.7 Å². The van der Waals surface area contributed by atoms with Crippen molar-refractivity contribution in [3.8, 4) is 0 Å². The minimum absolute atomic E-state index is 0.0864. The van der Waals surface area contributed by atoms with Crippen molar-refractivity contribution in [3.63, 3.8) is 0 Å². The summed E-state index contributed by atoms with van der Waals surface area (Å²) in [6.45, 7) is 86.0. The van der Waals surface area contributed by atoms with Crippen LogP contribution in [0.4, 0.5) is 0 Å². The van der Waals surface area contributed by atoms with Crippen molar-refractivity contribution in [2.24, 2.45) is 0 Å². The fourth-order valence-corrected chi connectivity index (χ4v) is 19.6. The number of hydrogen-bond donors (Lipinski definition) is 0. The van der Waals surface area contributed by atoms with E-state index in [0.29, 0.717) is 45.3 Å². The van der Waals surface area contributed by atoms with Crippen LogP contribution in [-0.4, -0.2) is 29.0 Å². The number of hydrogen-bond acceptors (Lipinski definition) is 4. The molecule has 0 saturated carbocycles. The molecule has 8 aromatic rings. The minimum Gasteiger partial charge on any atom is -0.464 e. The van der Waals surface area contributed by atoms with Gasteiger partial charge >= 0.3 is 182 Å². The predicted molar refractivity (Wildman–Crippen MR) is 388 cm³/mol. The molecule has 6 heteroatoms. The Labute approximate surface area is 543 Å². The van der Waals surface area contributed by atoms with Crippen molar-refractivity contribution >= 4 is 72.7 Å². The molecule has 8 rings (SSSR count). The maximum absolute atomic E-state index is 6.07. The van der Waals surface area contributed by atoms with Gasteiger partial charge in [0.05, 0.1) is 0 Å². The molecule has 0 aliphatic carbocycles. The summed E-state index contributed by atoms with van der Waals surface area (Å²) in [4.78, 5) is 4.61. The molecule has 2 nitrogen and oxygen atoms in total. The first-order valence-electron chi connectivity index (χ1n) is 31.4. The van der Waals surface area contributed by atoms with Gasteiger partial charge in [0.2, 0.25) is 0 Å². The average molecular weight is 1330 g/mol. The van der Waals surface area contributed by atoms with Crippen LogP contribution in [0.2, 0.25) is 0 Å². The van der Waals surface area contributed by atoms with Crippen LogP contribution in [0.15, 0.2) is 57.4 Å². The zero-order valence-corrected chi connectivity index (χ0v) is 66.6. The molecule has 0 N–H and O–H groups in total. The van der Waals surface area contributed by atoms with E-state index in [1.54, 1.807) is 49.8 Å². The summed E-state index contributed by atoms with van der Waals surface area (Å²) in [7, 11) is 0. The van der Waals surface area contributed by atoms with Gasteiger partial charge in [-0.05, 0) is 109 Å². The van der Waals surface area contributed by atoms with Crippen molar-refractivity contribution in [3.05, 3.63) is 154 Å². The molecular formula is C79H122O2S2Se2. The summed E-state index contributed by atoms with van der Waals surface area (Å²) in [6.07, 6.45) is 0. The maximum atomic E-state index is 6.07. The first kappa shape index (κ1) is 76.2. The summed E-state index contributed by atoms with van der Waals surface area (Å²) >= 11 is 5.14. The summed E-state index contributed by atoms with van der Waals surface area (Å²) in [6, 6.07) is 16.9. The smallest absolute Gasteiger partial charge is 0.134 e. The summed E-state index contributed by atoms with van der Waals surface area (Å²) in [5.41, 5.74) is 17.7. The molecule has 474 valence electrons. The molecule has 6 heterocycles. The van der Waals surface area contributed by atoms with Crippen LogP contribution in [0.3, 0.4) is 0 Å². The van der Waals surface area contributed by atoms with Crippen molar-refractivity contribution < 1.29 is 8.83 Å². The number of thiophene rings is 2. The Bertz CT molecular complexity index is 3110. The van der Waals surface area contributed by atoms with Crippen molar-refractivity contribution in [2.75, 3.05) is 0 Å². The van der Waals surface area contributed by atoms with E-state index in [4.69, 9.17) is 8.83 Å². The molecule has 0 atom stereocenters. The number of para-hydroxylation sites is 1.